The van der Waals surface area contributed by atoms with E-state index >= 15 is 0 Å². The Morgan fingerprint density at radius 2 is 1.55 bits per heavy atom. The second-order valence-electron chi connectivity index (χ2n) is 10.5. The molecule has 1 aliphatic carbocycles. The van der Waals surface area contributed by atoms with Crippen LogP contribution in [0.4, 0.5) is 16.2 Å². The fraction of sp³-hybridized carbons (Fsp3) is 0.500. The Kier molecular flexibility index (Phi) is 7.51. The number of unbranched alkanes of at least 4 members (excludes halogenated alkanes) is 3. The van der Waals surface area contributed by atoms with Crippen LogP contribution < -0.4 is 10.2 Å². The summed E-state index contributed by atoms with van der Waals surface area (Å²) < 4.78 is 0. The zero-order valence-electron chi connectivity index (χ0n) is 20.7. The number of nitrogens with zero attached hydrogens (tertiary/aromatic N) is 1. The highest BCUT2D eigenvalue weighted by Gasteiger charge is 2.37. The molecule has 0 atom stereocenters. The SMILES string of the molecule is CCCCCCN(C(=O)Nc1ccc(C(=O)O)cc1)c1ccc2c(c1)C(C)(C)CCC2(C)C. The lowest BCUT2D eigenvalue weighted by Crippen LogP contribution is -2.37. The first kappa shape index (κ1) is 24.8. The minimum atomic E-state index is -0.981. The van der Waals surface area contributed by atoms with Crippen molar-refractivity contribution < 1.29 is 14.7 Å². The number of hydrogen-bond acceptors (Lipinski definition) is 2. The molecule has 2 aromatic carbocycles. The number of carboxylic acid groups (broad SMARTS) is 1. The number of aromatic carboxylic acids is 1. The lowest BCUT2D eigenvalue weighted by Gasteiger charge is -2.42. The van der Waals surface area contributed by atoms with Gasteiger partial charge in [0.15, 0.2) is 0 Å². The number of anilines is 2. The average molecular weight is 451 g/mol. The minimum Gasteiger partial charge on any atom is -0.478 e. The third kappa shape index (κ3) is 5.76. The molecule has 0 fully saturated rings. The van der Waals surface area contributed by atoms with E-state index in [1.165, 1.54) is 23.3 Å². The van der Waals surface area contributed by atoms with Crippen molar-refractivity contribution in [2.45, 2.75) is 84.0 Å². The van der Waals surface area contributed by atoms with Gasteiger partial charge in [0.05, 0.1) is 5.56 Å². The maximum atomic E-state index is 13.4. The van der Waals surface area contributed by atoms with Gasteiger partial charge in [-0.3, -0.25) is 4.90 Å². The largest absolute Gasteiger partial charge is 0.478 e. The summed E-state index contributed by atoms with van der Waals surface area (Å²) in [5.74, 6) is -0.981. The van der Waals surface area contributed by atoms with E-state index in [4.69, 9.17) is 5.11 Å². The van der Waals surface area contributed by atoms with E-state index in [2.05, 4.69) is 58.1 Å². The molecule has 1 aliphatic rings. The molecule has 2 aromatic rings. The van der Waals surface area contributed by atoms with Crippen molar-refractivity contribution in [1.82, 2.24) is 0 Å². The Bertz CT molecular complexity index is 993. The number of benzene rings is 2. The van der Waals surface area contributed by atoms with Crippen LogP contribution in [0.5, 0.6) is 0 Å². The predicted molar refractivity (Wildman–Crippen MR) is 136 cm³/mol. The molecule has 0 bridgehead atoms. The van der Waals surface area contributed by atoms with Crippen molar-refractivity contribution in [2.75, 3.05) is 16.8 Å². The number of hydrogen-bond donors (Lipinski definition) is 2. The second-order valence-corrected chi connectivity index (χ2v) is 10.5. The Morgan fingerprint density at radius 3 is 2.15 bits per heavy atom. The lowest BCUT2D eigenvalue weighted by molar-refractivity contribution is 0.0697. The number of carbonyl (C=O) groups is 2. The summed E-state index contributed by atoms with van der Waals surface area (Å²) in [7, 11) is 0. The topological polar surface area (TPSA) is 69.6 Å². The van der Waals surface area contributed by atoms with Gasteiger partial charge in [-0.05, 0) is 77.6 Å². The number of amides is 2. The van der Waals surface area contributed by atoms with Gasteiger partial charge >= 0.3 is 12.0 Å². The molecule has 178 valence electrons. The molecule has 5 nitrogen and oxygen atoms in total. The minimum absolute atomic E-state index is 0.0673. The van der Waals surface area contributed by atoms with Crippen LogP contribution in [0.3, 0.4) is 0 Å². The van der Waals surface area contributed by atoms with Crippen molar-refractivity contribution in [3.8, 4) is 0 Å². The third-order valence-corrected chi connectivity index (χ3v) is 7.01. The van der Waals surface area contributed by atoms with Crippen LogP contribution >= 0.6 is 0 Å². The summed E-state index contributed by atoms with van der Waals surface area (Å²) in [5.41, 5.74) is 4.59. The van der Waals surface area contributed by atoms with Crippen LogP contribution in [0.2, 0.25) is 0 Å². The van der Waals surface area contributed by atoms with E-state index in [0.29, 0.717) is 12.2 Å². The molecule has 3 rings (SSSR count). The highest BCUT2D eigenvalue weighted by atomic mass is 16.4. The van der Waals surface area contributed by atoms with Crippen LogP contribution in [0.15, 0.2) is 42.5 Å². The summed E-state index contributed by atoms with van der Waals surface area (Å²) >= 11 is 0. The van der Waals surface area contributed by atoms with Gasteiger partial charge in [-0.15, -0.1) is 0 Å². The normalized spacial score (nSPS) is 16.0. The molecule has 0 radical (unpaired) electrons. The van der Waals surface area contributed by atoms with Crippen LogP contribution in [0.1, 0.15) is 94.6 Å². The van der Waals surface area contributed by atoms with Gasteiger partial charge in [0.1, 0.15) is 0 Å². The van der Waals surface area contributed by atoms with Crippen LogP contribution in [-0.4, -0.2) is 23.7 Å². The van der Waals surface area contributed by atoms with Crippen LogP contribution in [0, 0.1) is 0 Å². The highest BCUT2D eigenvalue weighted by molar-refractivity contribution is 6.02. The van der Waals surface area contributed by atoms with E-state index < -0.39 is 5.97 Å². The fourth-order valence-electron chi connectivity index (χ4n) is 4.68. The number of carbonyl (C=O) groups excluding carboxylic acids is 1. The van der Waals surface area contributed by atoms with Crippen LogP contribution in [-0.2, 0) is 10.8 Å². The second kappa shape index (κ2) is 9.98. The zero-order chi connectivity index (χ0) is 24.2. The van der Waals surface area contributed by atoms with Crippen molar-refractivity contribution in [2.24, 2.45) is 0 Å². The first-order valence-corrected chi connectivity index (χ1v) is 12.1. The number of rotatable bonds is 8. The van der Waals surface area contributed by atoms with E-state index in [-0.39, 0.29) is 22.4 Å². The predicted octanol–water partition coefficient (Wildman–Crippen LogP) is 7.35. The Balaban J connectivity index is 1.90. The molecule has 0 aromatic heterocycles. The maximum Gasteiger partial charge on any atom is 0.335 e. The van der Waals surface area contributed by atoms with Crippen molar-refractivity contribution in [3.63, 3.8) is 0 Å². The first-order valence-electron chi connectivity index (χ1n) is 12.1. The van der Waals surface area contributed by atoms with Crippen molar-refractivity contribution in [1.29, 1.82) is 0 Å². The summed E-state index contributed by atoms with van der Waals surface area (Å²) in [5, 5.41) is 12.1. The smallest absolute Gasteiger partial charge is 0.335 e. The molecule has 0 spiro atoms. The summed E-state index contributed by atoms with van der Waals surface area (Å²) in [6.07, 6.45) is 6.58. The number of urea groups is 1. The van der Waals surface area contributed by atoms with Gasteiger partial charge in [0.25, 0.3) is 0 Å². The Labute approximate surface area is 198 Å². The van der Waals surface area contributed by atoms with E-state index in [1.54, 1.807) is 12.1 Å². The van der Waals surface area contributed by atoms with E-state index in [9.17, 15) is 9.59 Å². The third-order valence-electron chi connectivity index (χ3n) is 7.01. The molecule has 0 saturated carbocycles. The van der Waals surface area contributed by atoms with E-state index in [0.717, 1.165) is 44.2 Å². The van der Waals surface area contributed by atoms with Gasteiger partial charge in [-0.1, -0.05) is 59.9 Å². The molecular formula is C28H38N2O3. The van der Waals surface area contributed by atoms with Crippen molar-refractivity contribution in [3.05, 3.63) is 59.2 Å². The summed E-state index contributed by atoms with van der Waals surface area (Å²) in [6.45, 7) is 12.0. The Hall–Kier alpha value is -2.82. The molecular weight excluding hydrogens is 412 g/mol. The molecule has 0 heterocycles. The lowest BCUT2D eigenvalue weighted by atomic mass is 9.63. The standard InChI is InChI=1S/C28H38N2O3/c1-6-7-8-9-18-30(26(33)29-21-12-10-20(11-13-21)25(31)32)22-14-15-23-24(19-22)28(4,5)17-16-27(23,2)3/h10-15,19H,6-9,16-18H2,1-5H3,(H,29,33)(H,31,32). The molecule has 0 saturated heterocycles. The van der Waals surface area contributed by atoms with Crippen molar-refractivity contribution >= 4 is 23.4 Å². The van der Waals surface area contributed by atoms with Crippen LogP contribution in [0.25, 0.3) is 0 Å². The quantitative estimate of drug-likeness (QED) is 0.413. The molecule has 2 N–H and O–H groups in total. The van der Waals surface area contributed by atoms with Gasteiger partial charge in [-0.2, -0.15) is 0 Å². The van der Waals surface area contributed by atoms with Gasteiger partial charge < -0.3 is 10.4 Å². The zero-order valence-corrected chi connectivity index (χ0v) is 20.7. The molecule has 0 unspecified atom stereocenters. The molecule has 0 aliphatic heterocycles. The summed E-state index contributed by atoms with van der Waals surface area (Å²) in [4.78, 5) is 26.3. The van der Waals surface area contributed by atoms with Gasteiger partial charge in [0.2, 0.25) is 0 Å². The highest BCUT2D eigenvalue weighted by Crippen LogP contribution is 2.46. The first-order chi connectivity index (χ1) is 15.5. The molecule has 33 heavy (non-hydrogen) atoms. The maximum absolute atomic E-state index is 13.4. The van der Waals surface area contributed by atoms with Gasteiger partial charge in [-0.25, -0.2) is 9.59 Å². The van der Waals surface area contributed by atoms with Gasteiger partial charge in [0, 0.05) is 17.9 Å². The number of nitrogens with one attached hydrogen (secondary N) is 1. The van der Waals surface area contributed by atoms with E-state index in [1.807, 2.05) is 4.90 Å². The Morgan fingerprint density at radius 1 is 0.909 bits per heavy atom. The number of carboxylic acids is 1. The fourth-order valence-corrected chi connectivity index (χ4v) is 4.68. The molecule has 2 amide bonds. The average Bonchev–Trinajstić information content (AvgIpc) is 2.77. The monoisotopic (exact) mass is 450 g/mol. The number of fused-ring (bicyclic) bond motifs is 1. The molecule has 5 heteroatoms. The summed E-state index contributed by atoms with van der Waals surface area (Å²) in [6, 6.07) is 12.6.